The van der Waals surface area contributed by atoms with Gasteiger partial charge in [0, 0.05) is 18.0 Å². The van der Waals surface area contributed by atoms with Crippen LogP contribution in [0.4, 0.5) is 0 Å². The highest BCUT2D eigenvalue weighted by atomic mass is 16.3. The summed E-state index contributed by atoms with van der Waals surface area (Å²) < 4.78 is 0. The van der Waals surface area contributed by atoms with Gasteiger partial charge in [0.05, 0.1) is 12.4 Å². The third kappa shape index (κ3) is 3.55. The third-order valence-corrected chi connectivity index (χ3v) is 3.41. The van der Waals surface area contributed by atoms with Crippen LogP contribution in [0.15, 0.2) is 30.3 Å². The monoisotopic (exact) mass is 249 g/mol. The van der Waals surface area contributed by atoms with E-state index in [1.54, 1.807) is 0 Å². The quantitative estimate of drug-likeness (QED) is 0.531. The maximum Gasteiger partial charge on any atom is 0.0924 e. The molecule has 0 aliphatic carbocycles. The Morgan fingerprint density at radius 1 is 1.39 bits per heavy atom. The summed E-state index contributed by atoms with van der Waals surface area (Å²) in [7, 11) is 1.96. The zero-order valence-electron chi connectivity index (χ0n) is 11.4. The van der Waals surface area contributed by atoms with Crippen molar-refractivity contribution in [2.24, 2.45) is 5.73 Å². The zero-order chi connectivity index (χ0) is 13.8. The van der Waals surface area contributed by atoms with Crippen LogP contribution in [0.2, 0.25) is 0 Å². The maximum absolute atomic E-state index is 9.47. The summed E-state index contributed by atoms with van der Waals surface area (Å²) in [6, 6.07) is 9.97. The minimum Gasteiger partial charge on any atom is -0.394 e. The molecule has 0 aliphatic rings. The Kier molecular flexibility index (Phi) is 4.87. The van der Waals surface area contributed by atoms with Crippen LogP contribution in [-0.2, 0) is 0 Å². The number of amidine groups is 1. The lowest BCUT2D eigenvalue weighted by Gasteiger charge is -2.40. The molecular formula is C14H23N3O. The van der Waals surface area contributed by atoms with E-state index >= 15 is 0 Å². The summed E-state index contributed by atoms with van der Waals surface area (Å²) in [4.78, 5) is 2.07. The Morgan fingerprint density at radius 2 is 1.94 bits per heavy atom. The number of nitrogens with zero attached hydrogens (tertiary/aromatic N) is 1. The summed E-state index contributed by atoms with van der Waals surface area (Å²) >= 11 is 0. The number of hydrogen-bond acceptors (Lipinski definition) is 3. The maximum atomic E-state index is 9.47. The molecule has 1 aromatic carbocycles. The second kappa shape index (κ2) is 5.98. The van der Waals surface area contributed by atoms with Crippen molar-refractivity contribution >= 4 is 5.84 Å². The smallest absolute Gasteiger partial charge is 0.0924 e. The van der Waals surface area contributed by atoms with Crippen molar-refractivity contribution in [3.05, 3.63) is 35.9 Å². The molecule has 0 saturated heterocycles. The number of aliphatic hydroxyl groups is 1. The van der Waals surface area contributed by atoms with Gasteiger partial charge in [-0.2, -0.15) is 0 Å². The molecule has 0 spiro atoms. The number of aliphatic hydroxyl groups excluding tert-OH is 1. The average Bonchev–Trinajstić information content (AvgIpc) is 2.36. The van der Waals surface area contributed by atoms with Gasteiger partial charge in [0.25, 0.3) is 0 Å². The van der Waals surface area contributed by atoms with E-state index < -0.39 is 0 Å². The molecule has 1 atom stereocenters. The van der Waals surface area contributed by atoms with E-state index in [-0.39, 0.29) is 24.0 Å². The van der Waals surface area contributed by atoms with Crippen LogP contribution in [0, 0.1) is 5.41 Å². The van der Waals surface area contributed by atoms with Crippen LogP contribution in [-0.4, -0.2) is 35.0 Å². The Morgan fingerprint density at radius 3 is 2.39 bits per heavy atom. The first-order valence-corrected chi connectivity index (χ1v) is 6.10. The van der Waals surface area contributed by atoms with Crippen molar-refractivity contribution in [2.45, 2.75) is 31.8 Å². The van der Waals surface area contributed by atoms with Crippen molar-refractivity contribution in [3.63, 3.8) is 0 Å². The van der Waals surface area contributed by atoms with Gasteiger partial charge in [0.1, 0.15) is 0 Å². The molecule has 0 fully saturated rings. The highest BCUT2D eigenvalue weighted by Gasteiger charge is 2.30. The molecule has 4 N–H and O–H groups in total. The highest BCUT2D eigenvalue weighted by Crippen LogP contribution is 2.28. The Balaban J connectivity index is 3.03. The number of nitrogens with two attached hydrogens (primary N) is 1. The van der Waals surface area contributed by atoms with Crippen LogP contribution in [0.3, 0.4) is 0 Å². The predicted molar refractivity (Wildman–Crippen MR) is 74.6 cm³/mol. The molecule has 0 aliphatic heterocycles. The number of rotatable bonds is 6. The number of nitrogens with one attached hydrogen (secondary N) is 1. The molecule has 0 aromatic heterocycles. The van der Waals surface area contributed by atoms with Gasteiger partial charge >= 0.3 is 0 Å². The zero-order valence-corrected chi connectivity index (χ0v) is 11.4. The lowest BCUT2D eigenvalue weighted by molar-refractivity contribution is 0.0463. The third-order valence-electron chi connectivity index (χ3n) is 3.41. The molecule has 1 aromatic rings. The standard InChI is InChI=1S/C14H23N3O/c1-14(2,10-18)17(3)12(9-13(15)16)11-7-5-4-6-8-11/h4-8,12,18H,9-10H2,1-3H3,(H3,15,16). The van der Waals surface area contributed by atoms with E-state index in [1.165, 1.54) is 0 Å². The predicted octanol–water partition coefficient (Wildman–Crippen LogP) is 1.76. The van der Waals surface area contributed by atoms with Gasteiger partial charge in [-0.1, -0.05) is 30.3 Å². The van der Waals surface area contributed by atoms with Crippen molar-refractivity contribution in [1.82, 2.24) is 4.90 Å². The molecule has 0 saturated carbocycles. The molecule has 0 heterocycles. The van der Waals surface area contributed by atoms with E-state index in [2.05, 4.69) is 4.90 Å². The van der Waals surface area contributed by atoms with Crippen molar-refractivity contribution in [1.29, 1.82) is 5.41 Å². The average molecular weight is 249 g/mol. The Labute approximate surface area is 109 Å². The number of benzene rings is 1. The molecule has 1 unspecified atom stereocenters. The van der Waals surface area contributed by atoms with Gasteiger partial charge in [0.2, 0.25) is 0 Å². The molecule has 0 amide bonds. The van der Waals surface area contributed by atoms with Crippen molar-refractivity contribution < 1.29 is 5.11 Å². The molecule has 4 heteroatoms. The first kappa shape index (κ1) is 14.7. The van der Waals surface area contributed by atoms with Crippen LogP contribution in [0.1, 0.15) is 31.9 Å². The summed E-state index contributed by atoms with van der Waals surface area (Å²) in [6.07, 6.45) is 0.462. The SMILES string of the molecule is CN(C(CC(=N)N)c1ccccc1)C(C)(C)CO. The molecule has 4 nitrogen and oxygen atoms in total. The van der Waals surface area contributed by atoms with Gasteiger partial charge < -0.3 is 10.8 Å². The van der Waals surface area contributed by atoms with Crippen LogP contribution in [0.5, 0.6) is 0 Å². The first-order chi connectivity index (χ1) is 8.38. The van der Waals surface area contributed by atoms with Crippen LogP contribution in [0.25, 0.3) is 0 Å². The molecule has 0 radical (unpaired) electrons. The van der Waals surface area contributed by atoms with E-state index in [4.69, 9.17) is 11.1 Å². The Bertz CT molecular complexity index is 389. The fourth-order valence-electron chi connectivity index (χ4n) is 1.90. The summed E-state index contributed by atoms with van der Waals surface area (Å²) in [6.45, 7) is 4.01. The molecular weight excluding hydrogens is 226 g/mol. The molecule has 1 rings (SSSR count). The van der Waals surface area contributed by atoms with Crippen LogP contribution < -0.4 is 5.73 Å². The highest BCUT2D eigenvalue weighted by molar-refractivity contribution is 5.77. The second-order valence-corrected chi connectivity index (χ2v) is 5.24. The number of hydrogen-bond donors (Lipinski definition) is 3. The van der Waals surface area contributed by atoms with Crippen molar-refractivity contribution in [3.8, 4) is 0 Å². The summed E-state index contributed by atoms with van der Waals surface area (Å²) in [5.41, 5.74) is 6.30. The molecule has 0 bridgehead atoms. The van der Waals surface area contributed by atoms with E-state index in [0.717, 1.165) is 5.56 Å². The molecule has 100 valence electrons. The largest absolute Gasteiger partial charge is 0.394 e. The molecule has 18 heavy (non-hydrogen) atoms. The van der Waals surface area contributed by atoms with Gasteiger partial charge in [0.15, 0.2) is 0 Å². The van der Waals surface area contributed by atoms with Gasteiger partial charge in [-0.05, 0) is 26.5 Å². The minimum atomic E-state index is -0.351. The first-order valence-electron chi connectivity index (χ1n) is 6.10. The Hall–Kier alpha value is -1.39. The fraction of sp³-hybridized carbons (Fsp3) is 0.500. The van der Waals surface area contributed by atoms with E-state index in [1.807, 2.05) is 51.2 Å². The van der Waals surface area contributed by atoms with Crippen LogP contribution >= 0.6 is 0 Å². The lowest BCUT2D eigenvalue weighted by Crippen LogP contribution is -2.47. The minimum absolute atomic E-state index is 0.00542. The van der Waals surface area contributed by atoms with Crippen molar-refractivity contribution in [2.75, 3.05) is 13.7 Å². The van der Waals surface area contributed by atoms with Gasteiger partial charge in [-0.3, -0.25) is 10.3 Å². The topological polar surface area (TPSA) is 73.3 Å². The fourth-order valence-corrected chi connectivity index (χ4v) is 1.90. The lowest BCUT2D eigenvalue weighted by atomic mass is 9.95. The summed E-state index contributed by atoms with van der Waals surface area (Å²) in [5, 5.41) is 17.0. The second-order valence-electron chi connectivity index (χ2n) is 5.24. The van der Waals surface area contributed by atoms with Gasteiger partial charge in [-0.15, -0.1) is 0 Å². The normalized spacial score (nSPS) is 13.6. The van der Waals surface area contributed by atoms with E-state index in [0.29, 0.717) is 6.42 Å². The van der Waals surface area contributed by atoms with E-state index in [9.17, 15) is 5.11 Å². The van der Waals surface area contributed by atoms with Gasteiger partial charge in [-0.25, -0.2) is 0 Å². The number of likely N-dealkylation sites (N-methyl/N-ethyl adjacent to an activating group) is 1. The summed E-state index contributed by atoms with van der Waals surface area (Å²) in [5.74, 6) is 0.157.